The summed E-state index contributed by atoms with van der Waals surface area (Å²) in [6.07, 6.45) is 2.99. The van der Waals surface area contributed by atoms with Crippen LogP contribution in [0.2, 0.25) is 0 Å². The van der Waals surface area contributed by atoms with Crippen molar-refractivity contribution in [1.82, 2.24) is 9.55 Å². The number of imidazole rings is 1. The van der Waals surface area contributed by atoms with Crippen LogP contribution in [0, 0.1) is 6.92 Å². The average molecular weight is 322 g/mol. The van der Waals surface area contributed by atoms with Crippen molar-refractivity contribution in [3.63, 3.8) is 0 Å². The normalized spacial score (nSPS) is 13.2. The summed E-state index contributed by atoms with van der Waals surface area (Å²) in [4.78, 5) is 4.44. The van der Waals surface area contributed by atoms with Gasteiger partial charge in [0.15, 0.2) is 0 Å². The number of aryl methyl sites for hydroxylation is 2. The Labute approximate surface area is 120 Å². The third-order valence-electron chi connectivity index (χ3n) is 3.26. The molecule has 2 heterocycles. The van der Waals surface area contributed by atoms with E-state index in [9.17, 15) is 0 Å². The minimum absolute atomic E-state index is 0.714. The van der Waals surface area contributed by atoms with Gasteiger partial charge in [0.2, 0.25) is 5.95 Å². The van der Waals surface area contributed by atoms with Crippen molar-refractivity contribution in [3.8, 4) is 5.75 Å². The molecule has 100 valence electrons. The Morgan fingerprint density at radius 1 is 1.47 bits per heavy atom. The molecule has 0 bridgehead atoms. The molecule has 0 atom stereocenters. The second-order valence-corrected chi connectivity index (χ2v) is 5.74. The fourth-order valence-corrected chi connectivity index (χ4v) is 2.98. The quantitative estimate of drug-likeness (QED) is 0.944. The van der Waals surface area contributed by atoms with Crippen molar-refractivity contribution in [3.05, 3.63) is 39.6 Å². The van der Waals surface area contributed by atoms with Gasteiger partial charge in [-0.3, -0.25) is 0 Å². The first-order chi connectivity index (χ1) is 9.13. The second kappa shape index (κ2) is 4.89. The number of rotatable bonds is 3. The van der Waals surface area contributed by atoms with Crippen LogP contribution in [0.1, 0.15) is 16.8 Å². The first-order valence-electron chi connectivity index (χ1n) is 6.31. The number of nitrogens with one attached hydrogen (secondary N) is 1. The van der Waals surface area contributed by atoms with E-state index < -0.39 is 0 Å². The maximum absolute atomic E-state index is 5.72. The molecule has 4 nitrogen and oxygen atoms in total. The van der Waals surface area contributed by atoms with Crippen molar-refractivity contribution in [2.75, 3.05) is 11.9 Å². The number of anilines is 1. The van der Waals surface area contributed by atoms with E-state index in [-0.39, 0.29) is 0 Å². The van der Waals surface area contributed by atoms with Crippen LogP contribution >= 0.6 is 15.9 Å². The molecule has 0 aliphatic carbocycles. The van der Waals surface area contributed by atoms with Gasteiger partial charge < -0.3 is 14.6 Å². The van der Waals surface area contributed by atoms with Crippen LogP contribution in [-0.2, 0) is 20.0 Å². The number of hydrogen-bond acceptors (Lipinski definition) is 3. The van der Waals surface area contributed by atoms with E-state index in [4.69, 9.17) is 4.74 Å². The van der Waals surface area contributed by atoms with Crippen molar-refractivity contribution < 1.29 is 4.74 Å². The van der Waals surface area contributed by atoms with Gasteiger partial charge in [-0.1, -0.05) is 15.9 Å². The van der Waals surface area contributed by atoms with Crippen LogP contribution in [0.3, 0.4) is 0 Å². The summed E-state index contributed by atoms with van der Waals surface area (Å²) in [5, 5.41) is 3.36. The van der Waals surface area contributed by atoms with Crippen molar-refractivity contribution in [1.29, 1.82) is 0 Å². The summed E-state index contributed by atoms with van der Waals surface area (Å²) in [5.74, 6) is 1.91. The number of ether oxygens (including phenoxy) is 1. The van der Waals surface area contributed by atoms with Gasteiger partial charge >= 0.3 is 0 Å². The Kier molecular flexibility index (Phi) is 3.22. The van der Waals surface area contributed by atoms with E-state index in [1.54, 1.807) is 0 Å². The van der Waals surface area contributed by atoms with Gasteiger partial charge in [-0.25, -0.2) is 4.98 Å². The predicted octanol–water partition coefficient (Wildman–Crippen LogP) is 3.04. The van der Waals surface area contributed by atoms with E-state index >= 15 is 0 Å². The zero-order valence-electron chi connectivity index (χ0n) is 11.0. The first-order valence-corrected chi connectivity index (χ1v) is 7.11. The third-order valence-corrected chi connectivity index (χ3v) is 3.72. The van der Waals surface area contributed by atoms with E-state index in [0.717, 1.165) is 34.9 Å². The molecule has 0 spiro atoms. The Morgan fingerprint density at radius 3 is 3.05 bits per heavy atom. The summed E-state index contributed by atoms with van der Waals surface area (Å²) in [6.45, 7) is 3.48. The highest BCUT2D eigenvalue weighted by Gasteiger charge is 2.17. The van der Waals surface area contributed by atoms with Crippen LogP contribution < -0.4 is 10.1 Å². The number of benzene rings is 1. The minimum atomic E-state index is 0.714. The molecule has 1 N–H and O–H groups in total. The highest BCUT2D eigenvalue weighted by atomic mass is 79.9. The Morgan fingerprint density at radius 2 is 2.32 bits per heavy atom. The smallest absolute Gasteiger partial charge is 0.203 e. The number of halogens is 1. The Hall–Kier alpha value is -1.49. The molecule has 0 unspecified atom stereocenters. The molecule has 1 aromatic carbocycles. The van der Waals surface area contributed by atoms with Crippen LogP contribution in [0.25, 0.3) is 0 Å². The molecular formula is C14H16BrN3O. The molecule has 1 aliphatic heterocycles. The Balaban J connectivity index is 1.82. The molecular weight excluding hydrogens is 306 g/mol. The lowest BCUT2D eigenvalue weighted by Gasteiger charge is -2.10. The van der Waals surface area contributed by atoms with Crippen LogP contribution in [0.15, 0.2) is 22.8 Å². The number of aromatic nitrogens is 2. The molecule has 0 saturated heterocycles. The number of hydrogen-bond donors (Lipinski definition) is 1. The number of fused-ring (bicyclic) bond motifs is 1. The van der Waals surface area contributed by atoms with Crippen molar-refractivity contribution in [2.45, 2.75) is 19.9 Å². The highest BCUT2D eigenvalue weighted by molar-refractivity contribution is 9.10. The summed E-state index contributed by atoms with van der Waals surface area (Å²) < 4.78 is 8.82. The van der Waals surface area contributed by atoms with Gasteiger partial charge in [0.05, 0.1) is 12.3 Å². The molecule has 0 fully saturated rings. The maximum atomic E-state index is 5.72. The fraction of sp³-hybridized carbons (Fsp3) is 0.357. The summed E-state index contributed by atoms with van der Waals surface area (Å²) in [5.41, 5.74) is 3.46. The van der Waals surface area contributed by atoms with Gasteiger partial charge in [0, 0.05) is 36.2 Å². The predicted molar refractivity (Wildman–Crippen MR) is 78.6 cm³/mol. The molecule has 2 aromatic rings. The molecule has 1 aromatic heterocycles. The van der Waals surface area contributed by atoms with Gasteiger partial charge in [-0.05, 0) is 24.6 Å². The average Bonchev–Trinajstić information content (AvgIpc) is 2.92. The summed E-state index contributed by atoms with van der Waals surface area (Å²) >= 11 is 3.56. The second-order valence-electron chi connectivity index (χ2n) is 4.82. The minimum Gasteiger partial charge on any atom is -0.493 e. The molecule has 5 heteroatoms. The highest BCUT2D eigenvalue weighted by Crippen LogP contribution is 2.33. The number of nitrogens with zero attached hydrogens (tertiary/aromatic N) is 2. The topological polar surface area (TPSA) is 39.1 Å². The Bertz CT molecular complexity index is 621. The van der Waals surface area contributed by atoms with Gasteiger partial charge in [-0.2, -0.15) is 0 Å². The largest absolute Gasteiger partial charge is 0.493 e. The van der Waals surface area contributed by atoms with Crippen LogP contribution in [0.5, 0.6) is 5.75 Å². The monoisotopic (exact) mass is 321 g/mol. The van der Waals surface area contributed by atoms with Gasteiger partial charge in [-0.15, -0.1) is 0 Å². The molecule has 0 radical (unpaired) electrons. The fourth-order valence-electron chi connectivity index (χ4n) is 2.43. The molecule has 3 rings (SSSR count). The standard InChI is InChI=1S/C14H16BrN3O/c1-9-8-18(2)14(17-9)16-7-11-6-12(15)5-10-3-4-19-13(10)11/h5-6,8H,3-4,7H2,1-2H3,(H,16,17). The third kappa shape index (κ3) is 2.47. The summed E-state index contributed by atoms with van der Waals surface area (Å²) in [7, 11) is 1.99. The van der Waals surface area contributed by atoms with Gasteiger partial charge in [0.25, 0.3) is 0 Å². The van der Waals surface area contributed by atoms with E-state index in [2.05, 4.69) is 38.4 Å². The van der Waals surface area contributed by atoms with Crippen molar-refractivity contribution >= 4 is 21.9 Å². The lowest BCUT2D eigenvalue weighted by Crippen LogP contribution is -2.06. The lowest BCUT2D eigenvalue weighted by molar-refractivity contribution is 0.354. The van der Waals surface area contributed by atoms with Gasteiger partial charge in [0.1, 0.15) is 5.75 Å². The van der Waals surface area contributed by atoms with E-state index in [1.807, 2.05) is 24.7 Å². The van der Waals surface area contributed by atoms with E-state index in [0.29, 0.717) is 6.54 Å². The lowest BCUT2D eigenvalue weighted by atomic mass is 10.1. The van der Waals surface area contributed by atoms with Crippen LogP contribution in [-0.4, -0.2) is 16.2 Å². The van der Waals surface area contributed by atoms with E-state index in [1.165, 1.54) is 11.1 Å². The molecule has 19 heavy (non-hydrogen) atoms. The SMILES string of the molecule is Cc1cn(C)c(NCc2cc(Br)cc3c2OCC3)n1. The molecule has 0 amide bonds. The van der Waals surface area contributed by atoms with Crippen molar-refractivity contribution in [2.24, 2.45) is 7.05 Å². The maximum Gasteiger partial charge on any atom is 0.203 e. The summed E-state index contributed by atoms with van der Waals surface area (Å²) in [6, 6.07) is 4.24. The zero-order chi connectivity index (χ0) is 13.4. The molecule has 1 aliphatic rings. The first kappa shape index (κ1) is 12.5. The molecule has 0 saturated carbocycles. The zero-order valence-corrected chi connectivity index (χ0v) is 12.6. The van der Waals surface area contributed by atoms with Crippen LogP contribution in [0.4, 0.5) is 5.95 Å².